The van der Waals surface area contributed by atoms with Crippen LogP contribution in [0, 0.1) is 17.3 Å². The number of ether oxygens (including phenoxy) is 1. The van der Waals surface area contributed by atoms with Crippen LogP contribution in [0.4, 0.5) is 4.39 Å². The molecule has 0 spiro atoms. The number of rotatable bonds is 5. The van der Waals surface area contributed by atoms with Gasteiger partial charge in [-0.1, -0.05) is 60.2 Å². The van der Waals surface area contributed by atoms with E-state index < -0.39 is 5.60 Å². The molecule has 2 aliphatic rings. The van der Waals surface area contributed by atoms with Crippen LogP contribution >= 0.6 is 9.24 Å². The zero-order valence-electron chi connectivity index (χ0n) is 15.1. The van der Waals surface area contributed by atoms with Gasteiger partial charge in [0, 0.05) is 11.3 Å². The highest BCUT2D eigenvalue weighted by Crippen LogP contribution is 2.44. The summed E-state index contributed by atoms with van der Waals surface area (Å²) in [5.74, 6) is 1.23. The van der Waals surface area contributed by atoms with Gasteiger partial charge in [0.25, 0.3) is 5.60 Å². The topological polar surface area (TPSA) is 9.23 Å². The number of alkyl halides is 1. The Morgan fingerprint density at radius 3 is 2.67 bits per heavy atom. The van der Waals surface area contributed by atoms with Gasteiger partial charge in [0.15, 0.2) is 0 Å². The first-order chi connectivity index (χ1) is 11.2. The summed E-state index contributed by atoms with van der Waals surface area (Å²) >= 11 is 0. The van der Waals surface area contributed by atoms with Gasteiger partial charge in [-0.05, 0) is 50.3 Å². The van der Waals surface area contributed by atoms with E-state index in [0.29, 0.717) is 11.7 Å². The number of allylic oxidation sites excluding steroid dienone is 6. The van der Waals surface area contributed by atoms with E-state index in [1.807, 2.05) is 24.3 Å². The van der Waals surface area contributed by atoms with E-state index in [-0.39, 0.29) is 11.3 Å². The zero-order chi connectivity index (χ0) is 17.8. The molecule has 0 aliphatic heterocycles. The fourth-order valence-corrected chi connectivity index (χ4v) is 4.06. The van der Waals surface area contributed by atoms with Crippen LogP contribution in [0.2, 0.25) is 0 Å². The van der Waals surface area contributed by atoms with E-state index in [2.05, 4.69) is 48.4 Å². The summed E-state index contributed by atoms with van der Waals surface area (Å²) in [5.41, 5.74) is 2.03. The Balaban J connectivity index is 2.17. The Kier molecular flexibility index (Phi) is 6.29. The molecule has 0 amide bonds. The van der Waals surface area contributed by atoms with Gasteiger partial charge in [0.05, 0.1) is 0 Å². The maximum Gasteiger partial charge on any atom is 0.262 e. The Hall–Kier alpha value is -1.10. The first-order valence-corrected chi connectivity index (χ1v) is 9.43. The molecule has 132 valence electrons. The predicted molar refractivity (Wildman–Crippen MR) is 103 cm³/mol. The van der Waals surface area contributed by atoms with Crippen molar-refractivity contribution < 1.29 is 9.13 Å². The third-order valence-corrected chi connectivity index (χ3v) is 5.66. The first-order valence-electron chi connectivity index (χ1n) is 8.85. The molecule has 3 heteroatoms. The molecule has 1 fully saturated rings. The highest BCUT2D eigenvalue weighted by molar-refractivity contribution is 7.18. The number of halogens is 1. The second-order valence-corrected chi connectivity index (χ2v) is 8.43. The smallest absolute Gasteiger partial charge is 0.262 e. The fourth-order valence-electron chi connectivity index (χ4n) is 3.59. The van der Waals surface area contributed by atoms with Crippen molar-refractivity contribution in [3.8, 4) is 0 Å². The van der Waals surface area contributed by atoms with Gasteiger partial charge in [-0.2, -0.15) is 4.39 Å². The van der Waals surface area contributed by atoms with Gasteiger partial charge in [0.2, 0.25) is 0 Å². The van der Waals surface area contributed by atoms with Crippen molar-refractivity contribution in [2.45, 2.75) is 58.5 Å². The largest absolute Gasteiger partial charge is 0.455 e. The van der Waals surface area contributed by atoms with E-state index in [0.717, 1.165) is 37.7 Å². The molecule has 2 rings (SSSR count). The zero-order valence-corrected chi connectivity index (χ0v) is 16.3. The highest BCUT2D eigenvalue weighted by Gasteiger charge is 2.39. The maximum absolute atomic E-state index is 15.2. The van der Waals surface area contributed by atoms with Crippen molar-refractivity contribution >= 4 is 9.24 Å². The number of hydrogen-bond donors (Lipinski definition) is 0. The van der Waals surface area contributed by atoms with Crippen LogP contribution in [0.15, 0.2) is 54.0 Å². The Morgan fingerprint density at radius 1 is 1.38 bits per heavy atom. The lowest BCUT2D eigenvalue weighted by atomic mass is 9.82. The van der Waals surface area contributed by atoms with Crippen molar-refractivity contribution in [2.75, 3.05) is 0 Å². The summed E-state index contributed by atoms with van der Waals surface area (Å²) in [7, 11) is 2.32. The third kappa shape index (κ3) is 5.20. The average Bonchev–Trinajstić information content (AvgIpc) is 2.64. The highest BCUT2D eigenvalue weighted by atomic mass is 31.0. The Bertz CT molecular complexity index is 587. The van der Waals surface area contributed by atoms with Crippen molar-refractivity contribution in [3.63, 3.8) is 0 Å². The fraction of sp³-hybridized carbons (Fsp3) is 0.571. The summed E-state index contributed by atoms with van der Waals surface area (Å²) in [5, 5.41) is 0. The van der Waals surface area contributed by atoms with Crippen LogP contribution in [-0.4, -0.2) is 5.60 Å². The lowest BCUT2D eigenvalue weighted by molar-refractivity contribution is -0.0843. The monoisotopic (exact) mass is 348 g/mol. The van der Waals surface area contributed by atoms with Gasteiger partial charge in [-0.3, -0.25) is 0 Å². The lowest BCUT2D eigenvalue weighted by Crippen LogP contribution is -2.32. The van der Waals surface area contributed by atoms with Crippen LogP contribution in [0.5, 0.6) is 0 Å². The van der Waals surface area contributed by atoms with Crippen molar-refractivity contribution in [1.82, 2.24) is 0 Å². The molecular weight excluding hydrogens is 318 g/mol. The molecule has 0 N–H and O–H groups in total. The van der Waals surface area contributed by atoms with Crippen LogP contribution in [0.1, 0.15) is 52.9 Å². The molecule has 0 radical (unpaired) electrons. The molecule has 0 saturated heterocycles. The van der Waals surface area contributed by atoms with E-state index in [4.69, 9.17) is 4.74 Å². The van der Waals surface area contributed by atoms with Crippen molar-refractivity contribution in [1.29, 1.82) is 0 Å². The summed E-state index contributed by atoms with van der Waals surface area (Å²) < 4.78 is 21.1. The summed E-state index contributed by atoms with van der Waals surface area (Å²) in [6.07, 6.45) is 14.6. The Morgan fingerprint density at radius 2 is 2.04 bits per heavy atom. The van der Waals surface area contributed by atoms with E-state index >= 15 is 4.39 Å². The molecule has 0 aromatic carbocycles. The van der Waals surface area contributed by atoms with Gasteiger partial charge < -0.3 is 4.74 Å². The lowest BCUT2D eigenvalue weighted by Gasteiger charge is -2.35. The molecular formula is C21H30FOP. The SMILES string of the molecule is C=C=CCC1(C)C=C(C)C=CC(OC(F)(P)C2CCC(C)CC2)=C1. The average molecular weight is 348 g/mol. The first kappa shape index (κ1) is 19.2. The van der Waals surface area contributed by atoms with Crippen molar-refractivity contribution in [3.05, 3.63) is 54.0 Å². The molecule has 24 heavy (non-hydrogen) atoms. The van der Waals surface area contributed by atoms with Gasteiger partial charge in [0.1, 0.15) is 5.76 Å². The van der Waals surface area contributed by atoms with Crippen LogP contribution in [0.3, 0.4) is 0 Å². The molecule has 1 saturated carbocycles. The minimum atomic E-state index is -1.70. The third-order valence-electron chi connectivity index (χ3n) is 5.07. The molecule has 2 aliphatic carbocycles. The Labute approximate surface area is 148 Å². The molecule has 0 aromatic rings. The van der Waals surface area contributed by atoms with Gasteiger partial charge >= 0.3 is 0 Å². The van der Waals surface area contributed by atoms with Crippen LogP contribution < -0.4 is 0 Å². The van der Waals surface area contributed by atoms with E-state index in [9.17, 15) is 0 Å². The second-order valence-electron chi connectivity index (χ2n) is 7.64. The molecule has 1 nitrogen and oxygen atoms in total. The van der Waals surface area contributed by atoms with E-state index in [1.165, 1.54) is 0 Å². The maximum atomic E-state index is 15.2. The van der Waals surface area contributed by atoms with Gasteiger partial charge in [-0.25, -0.2) is 0 Å². The molecule has 0 bridgehead atoms. The number of hydrogen-bond acceptors (Lipinski definition) is 1. The van der Waals surface area contributed by atoms with Gasteiger partial charge in [-0.15, -0.1) is 5.73 Å². The summed E-state index contributed by atoms with van der Waals surface area (Å²) in [6, 6.07) is 0. The van der Waals surface area contributed by atoms with E-state index in [1.54, 1.807) is 0 Å². The quantitative estimate of drug-likeness (QED) is 0.409. The summed E-state index contributed by atoms with van der Waals surface area (Å²) in [4.78, 5) is 0. The normalized spacial score (nSPS) is 32.7. The molecule has 3 atom stereocenters. The van der Waals surface area contributed by atoms with Crippen LogP contribution in [-0.2, 0) is 4.74 Å². The molecule has 0 aromatic heterocycles. The predicted octanol–water partition coefficient (Wildman–Crippen LogP) is 6.47. The molecule has 3 unspecified atom stereocenters. The van der Waals surface area contributed by atoms with Crippen molar-refractivity contribution in [2.24, 2.45) is 17.3 Å². The minimum Gasteiger partial charge on any atom is -0.455 e. The summed E-state index contributed by atoms with van der Waals surface area (Å²) in [6.45, 7) is 10.0. The minimum absolute atomic E-state index is 0.0652. The second kappa shape index (κ2) is 7.85. The van der Waals surface area contributed by atoms with Crippen LogP contribution in [0.25, 0.3) is 0 Å². The molecule has 0 heterocycles. The standard InChI is InChI=1S/C21H30FOP/c1-5-6-13-20(4)14-17(3)9-12-19(15-20)23-21(22,24)18-10-7-16(2)8-11-18/h6,9,12,14-16,18H,1,7-8,10-11,13,24H2,2-4H3.